The monoisotopic (exact) mass is 270 g/mol. The van der Waals surface area contributed by atoms with Crippen LogP contribution in [-0.4, -0.2) is 15.7 Å². The number of nitrogens with zero attached hydrogens (tertiary/aromatic N) is 2. The Morgan fingerprint density at radius 1 is 1.35 bits per heavy atom. The van der Waals surface area contributed by atoms with E-state index in [1.54, 1.807) is 18.2 Å². The van der Waals surface area contributed by atoms with Gasteiger partial charge < -0.3 is 11.5 Å². The fraction of sp³-hybridized carbons (Fsp3) is 0. The molecule has 0 saturated heterocycles. The summed E-state index contributed by atoms with van der Waals surface area (Å²) in [6, 6.07) is 4.86. The van der Waals surface area contributed by atoms with Crippen LogP contribution in [0, 0.1) is 0 Å². The topological polar surface area (TPSA) is 86.9 Å². The van der Waals surface area contributed by atoms with Crippen LogP contribution in [0.5, 0.6) is 0 Å². The third-order valence-corrected chi connectivity index (χ3v) is 2.75. The minimum absolute atomic E-state index is 0.140. The van der Waals surface area contributed by atoms with Crippen molar-refractivity contribution in [3.63, 3.8) is 0 Å². The molecule has 2 rings (SSSR count). The number of aromatic nitrogens is 2. The van der Waals surface area contributed by atoms with Crippen LogP contribution in [0.1, 0.15) is 10.4 Å². The van der Waals surface area contributed by atoms with Gasteiger partial charge in [-0.1, -0.05) is 23.2 Å². The highest BCUT2D eigenvalue weighted by atomic mass is 35.5. The Hall–Kier alpha value is -1.72. The molecule has 0 saturated carbocycles. The lowest BCUT2D eigenvalue weighted by molar-refractivity contribution is 0.100. The highest BCUT2D eigenvalue weighted by Gasteiger charge is 2.15. The largest absolute Gasteiger partial charge is 0.383 e. The Labute approximate surface area is 107 Å². The third kappa shape index (κ3) is 2.07. The summed E-state index contributed by atoms with van der Waals surface area (Å²) in [6.45, 7) is 0. The second kappa shape index (κ2) is 4.27. The number of carbonyl (C=O) groups is 1. The molecule has 0 atom stereocenters. The van der Waals surface area contributed by atoms with E-state index in [2.05, 4.69) is 5.10 Å². The van der Waals surface area contributed by atoms with Gasteiger partial charge in [-0.2, -0.15) is 5.10 Å². The SMILES string of the molecule is NC(=O)c1cnn(-c2ccc(Cl)cc2Cl)c1N. The van der Waals surface area contributed by atoms with Crippen molar-refractivity contribution in [1.82, 2.24) is 9.78 Å². The Balaban J connectivity index is 2.57. The Kier molecular flexibility index (Phi) is 2.95. The maximum absolute atomic E-state index is 11.0. The molecule has 1 aromatic heterocycles. The molecular formula is C10H8Cl2N4O. The van der Waals surface area contributed by atoms with E-state index in [9.17, 15) is 4.79 Å². The molecule has 1 amide bonds. The van der Waals surface area contributed by atoms with Crippen molar-refractivity contribution in [2.45, 2.75) is 0 Å². The van der Waals surface area contributed by atoms with Gasteiger partial charge in [0.2, 0.25) is 0 Å². The standard InChI is InChI=1S/C10H8Cl2N4O/c11-5-1-2-8(7(12)3-5)16-9(13)6(4-15-16)10(14)17/h1-4H,13H2,(H2,14,17). The quantitative estimate of drug-likeness (QED) is 0.873. The smallest absolute Gasteiger partial charge is 0.254 e. The number of nitrogens with two attached hydrogens (primary N) is 2. The molecule has 88 valence electrons. The lowest BCUT2D eigenvalue weighted by atomic mass is 10.3. The Morgan fingerprint density at radius 3 is 2.59 bits per heavy atom. The number of halogens is 2. The van der Waals surface area contributed by atoms with Gasteiger partial charge >= 0.3 is 0 Å². The van der Waals surface area contributed by atoms with E-state index in [-0.39, 0.29) is 11.4 Å². The minimum Gasteiger partial charge on any atom is -0.383 e. The van der Waals surface area contributed by atoms with Gasteiger partial charge in [0.1, 0.15) is 11.4 Å². The molecule has 0 spiro atoms. The lowest BCUT2D eigenvalue weighted by Crippen LogP contribution is -2.13. The highest BCUT2D eigenvalue weighted by Crippen LogP contribution is 2.26. The van der Waals surface area contributed by atoms with Crippen molar-refractivity contribution >= 4 is 34.9 Å². The summed E-state index contributed by atoms with van der Waals surface area (Å²) >= 11 is 11.8. The predicted molar refractivity (Wildman–Crippen MR) is 66.5 cm³/mol. The van der Waals surface area contributed by atoms with E-state index in [0.29, 0.717) is 15.7 Å². The van der Waals surface area contributed by atoms with E-state index in [1.807, 2.05) is 0 Å². The van der Waals surface area contributed by atoms with Crippen LogP contribution in [0.3, 0.4) is 0 Å². The molecule has 0 bridgehead atoms. The van der Waals surface area contributed by atoms with Crippen molar-refractivity contribution in [2.24, 2.45) is 5.73 Å². The molecule has 0 aliphatic rings. The molecule has 4 N–H and O–H groups in total. The van der Waals surface area contributed by atoms with Crippen molar-refractivity contribution in [1.29, 1.82) is 0 Å². The first-order valence-electron chi connectivity index (χ1n) is 4.59. The summed E-state index contributed by atoms with van der Waals surface area (Å²) in [5.41, 5.74) is 11.6. The van der Waals surface area contributed by atoms with E-state index < -0.39 is 5.91 Å². The first-order valence-corrected chi connectivity index (χ1v) is 5.35. The molecule has 7 heteroatoms. The van der Waals surface area contributed by atoms with E-state index in [4.69, 9.17) is 34.7 Å². The zero-order valence-electron chi connectivity index (χ0n) is 8.52. The minimum atomic E-state index is -0.640. The van der Waals surface area contributed by atoms with Crippen molar-refractivity contribution in [3.8, 4) is 5.69 Å². The Bertz CT molecular complexity index is 594. The van der Waals surface area contributed by atoms with Gasteiger partial charge in [-0.05, 0) is 18.2 Å². The normalized spacial score (nSPS) is 10.5. The number of primary amides is 1. The van der Waals surface area contributed by atoms with Gasteiger partial charge in [-0.25, -0.2) is 4.68 Å². The van der Waals surface area contributed by atoms with Gasteiger partial charge in [-0.15, -0.1) is 0 Å². The van der Waals surface area contributed by atoms with Crippen LogP contribution in [0.15, 0.2) is 24.4 Å². The molecule has 1 heterocycles. The summed E-state index contributed by atoms with van der Waals surface area (Å²) in [5.74, 6) is -0.499. The molecule has 0 aliphatic carbocycles. The highest BCUT2D eigenvalue weighted by molar-refractivity contribution is 6.35. The van der Waals surface area contributed by atoms with Crippen LogP contribution in [-0.2, 0) is 0 Å². The average Bonchev–Trinajstić information content (AvgIpc) is 2.60. The molecule has 2 aromatic rings. The summed E-state index contributed by atoms with van der Waals surface area (Å²) in [7, 11) is 0. The second-order valence-electron chi connectivity index (χ2n) is 3.32. The zero-order valence-corrected chi connectivity index (χ0v) is 10.0. The molecule has 17 heavy (non-hydrogen) atoms. The molecule has 1 aromatic carbocycles. The van der Waals surface area contributed by atoms with Crippen molar-refractivity contribution in [2.75, 3.05) is 5.73 Å². The summed E-state index contributed by atoms with van der Waals surface area (Å²) < 4.78 is 1.33. The number of amides is 1. The van der Waals surface area contributed by atoms with Gasteiger partial charge in [-0.3, -0.25) is 4.79 Å². The fourth-order valence-corrected chi connectivity index (χ4v) is 1.88. The van der Waals surface area contributed by atoms with Crippen molar-refractivity contribution in [3.05, 3.63) is 40.0 Å². The summed E-state index contributed by atoms with van der Waals surface area (Å²) in [4.78, 5) is 11.0. The van der Waals surface area contributed by atoms with E-state index in [1.165, 1.54) is 10.9 Å². The maximum Gasteiger partial charge on any atom is 0.254 e. The molecular weight excluding hydrogens is 263 g/mol. The number of benzene rings is 1. The number of nitrogen functional groups attached to an aromatic ring is 1. The molecule has 5 nitrogen and oxygen atoms in total. The van der Waals surface area contributed by atoms with Crippen LogP contribution in [0.25, 0.3) is 5.69 Å². The number of carbonyl (C=O) groups excluding carboxylic acids is 1. The third-order valence-electron chi connectivity index (χ3n) is 2.21. The molecule has 0 radical (unpaired) electrons. The first-order chi connectivity index (χ1) is 8.00. The van der Waals surface area contributed by atoms with Crippen LogP contribution >= 0.6 is 23.2 Å². The summed E-state index contributed by atoms with van der Waals surface area (Å²) in [6.07, 6.45) is 1.29. The fourth-order valence-electron chi connectivity index (χ4n) is 1.39. The van der Waals surface area contributed by atoms with Gasteiger partial charge in [0.25, 0.3) is 5.91 Å². The van der Waals surface area contributed by atoms with E-state index in [0.717, 1.165) is 0 Å². The molecule has 0 fully saturated rings. The number of rotatable bonds is 2. The molecule has 0 aliphatic heterocycles. The van der Waals surface area contributed by atoms with Gasteiger partial charge in [0.05, 0.1) is 16.9 Å². The Morgan fingerprint density at radius 2 is 2.06 bits per heavy atom. The van der Waals surface area contributed by atoms with Crippen LogP contribution in [0.2, 0.25) is 10.0 Å². The van der Waals surface area contributed by atoms with Crippen LogP contribution < -0.4 is 11.5 Å². The number of hydrogen-bond donors (Lipinski definition) is 2. The van der Waals surface area contributed by atoms with E-state index >= 15 is 0 Å². The van der Waals surface area contributed by atoms with Crippen molar-refractivity contribution < 1.29 is 4.79 Å². The second-order valence-corrected chi connectivity index (χ2v) is 4.16. The zero-order chi connectivity index (χ0) is 12.6. The average molecular weight is 271 g/mol. The number of hydrogen-bond acceptors (Lipinski definition) is 3. The maximum atomic E-state index is 11.0. The molecule has 0 unspecified atom stereocenters. The van der Waals surface area contributed by atoms with Gasteiger partial charge in [0.15, 0.2) is 0 Å². The summed E-state index contributed by atoms with van der Waals surface area (Å²) in [5, 5.41) is 4.84. The first kappa shape index (κ1) is 11.8. The number of anilines is 1. The lowest BCUT2D eigenvalue weighted by Gasteiger charge is -2.06. The van der Waals surface area contributed by atoms with Crippen LogP contribution in [0.4, 0.5) is 5.82 Å². The predicted octanol–water partition coefficient (Wildman–Crippen LogP) is 1.86. The van der Waals surface area contributed by atoms with Gasteiger partial charge in [0, 0.05) is 5.02 Å².